The van der Waals surface area contributed by atoms with Gasteiger partial charge in [0, 0.05) is 10.3 Å². The van der Waals surface area contributed by atoms with Crippen LogP contribution in [0.2, 0.25) is 0 Å². The van der Waals surface area contributed by atoms with Crippen molar-refractivity contribution in [2.24, 2.45) is 5.73 Å². The van der Waals surface area contributed by atoms with Gasteiger partial charge in [0.1, 0.15) is 15.5 Å². The molecule has 114 valence electrons. The summed E-state index contributed by atoms with van der Waals surface area (Å²) in [6.45, 7) is 1.81. The predicted molar refractivity (Wildman–Crippen MR) is 84.6 cm³/mol. The van der Waals surface area contributed by atoms with E-state index in [1.165, 1.54) is 6.07 Å². The van der Waals surface area contributed by atoms with E-state index >= 15 is 0 Å². The highest BCUT2D eigenvalue weighted by Gasteiger charge is 2.24. The highest BCUT2D eigenvalue weighted by atomic mass is 32.2. The van der Waals surface area contributed by atoms with Crippen molar-refractivity contribution in [3.63, 3.8) is 0 Å². The number of rotatable bonds is 4. The molecule has 0 fully saturated rings. The minimum Gasteiger partial charge on any atom is -0.449 e. The van der Waals surface area contributed by atoms with Crippen LogP contribution in [-0.2, 0) is 10.0 Å². The summed E-state index contributed by atoms with van der Waals surface area (Å²) in [5.41, 5.74) is 5.72. The molecule has 0 radical (unpaired) electrons. The zero-order valence-corrected chi connectivity index (χ0v) is 13.1. The fourth-order valence-electron chi connectivity index (χ4n) is 2.06. The van der Waals surface area contributed by atoms with Gasteiger partial charge in [-0.25, -0.2) is 8.42 Å². The summed E-state index contributed by atoms with van der Waals surface area (Å²) >= 11 is 1.14. The van der Waals surface area contributed by atoms with E-state index < -0.39 is 15.9 Å². The summed E-state index contributed by atoms with van der Waals surface area (Å²) < 4.78 is 32.8. The summed E-state index contributed by atoms with van der Waals surface area (Å²) in [6, 6.07) is 9.95. The number of anilines is 1. The average molecular weight is 336 g/mol. The normalized spacial score (nSPS) is 11.7. The number of para-hydroxylation sites is 1. The molecule has 0 saturated carbocycles. The Bertz CT molecular complexity index is 970. The maximum Gasteiger partial charge on any atom is 0.286 e. The number of hydrogen-bond acceptors (Lipinski definition) is 5. The number of carbonyl (C=O) groups is 1. The Hall–Kier alpha value is -2.32. The number of primary amides is 1. The van der Waals surface area contributed by atoms with Crippen LogP contribution in [-0.4, -0.2) is 14.3 Å². The minimum atomic E-state index is -3.81. The van der Waals surface area contributed by atoms with Crippen molar-refractivity contribution in [2.75, 3.05) is 4.72 Å². The van der Waals surface area contributed by atoms with Gasteiger partial charge in [0.15, 0.2) is 0 Å². The first-order valence-electron chi connectivity index (χ1n) is 6.29. The Labute approximate surface area is 130 Å². The first kappa shape index (κ1) is 14.6. The van der Waals surface area contributed by atoms with Crippen LogP contribution >= 0.6 is 11.3 Å². The molecule has 1 aromatic carbocycles. The number of fused-ring (bicyclic) bond motifs is 1. The Morgan fingerprint density at radius 1 is 1.23 bits per heavy atom. The molecule has 2 aromatic heterocycles. The summed E-state index contributed by atoms with van der Waals surface area (Å²) in [5.74, 6) is -1.05. The van der Waals surface area contributed by atoms with Gasteiger partial charge in [-0.05, 0) is 31.2 Å². The smallest absolute Gasteiger partial charge is 0.286 e. The van der Waals surface area contributed by atoms with Crippen molar-refractivity contribution in [2.45, 2.75) is 11.1 Å². The standard InChI is InChI=1S/C14H12N2O4S2/c1-8-6-7-11(21-8)22(18,19)16-12-9-4-2-3-5-10(9)20-13(12)14(15)17/h2-7,16H,1H3,(H2,15,17). The van der Waals surface area contributed by atoms with Gasteiger partial charge in [0.25, 0.3) is 15.9 Å². The second-order valence-electron chi connectivity index (χ2n) is 4.64. The van der Waals surface area contributed by atoms with Crippen molar-refractivity contribution in [1.29, 1.82) is 0 Å². The first-order valence-corrected chi connectivity index (χ1v) is 8.59. The fourth-order valence-corrected chi connectivity index (χ4v) is 4.43. The maximum absolute atomic E-state index is 12.4. The molecule has 0 aliphatic rings. The lowest BCUT2D eigenvalue weighted by atomic mass is 10.2. The van der Waals surface area contributed by atoms with E-state index in [2.05, 4.69) is 4.72 Å². The summed E-state index contributed by atoms with van der Waals surface area (Å²) in [5, 5.41) is 0.480. The number of sulfonamides is 1. The molecule has 0 unspecified atom stereocenters. The molecule has 0 bridgehead atoms. The van der Waals surface area contributed by atoms with E-state index in [0.717, 1.165) is 16.2 Å². The highest BCUT2D eigenvalue weighted by molar-refractivity contribution is 7.94. The number of carbonyl (C=O) groups excluding carboxylic acids is 1. The number of aryl methyl sites for hydroxylation is 1. The molecule has 1 amide bonds. The SMILES string of the molecule is Cc1ccc(S(=O)(=O)Nc2c(C(N)=O)oc3ccccc23)s1. The first-order chi connectivity index (χ1) is 10.4. The third kappa shape index (κ3) is 2.46. The Morgan fingerprint density at radius 3 is 2.59 bits per heavy atom. The number of benzene rings is 1. The van der Waals surface area contributed by atoms with E-state index in [4.69, 9.17) is 10.2 Å². The lowest BCUT2D eigenvalue weighted by Crippen LogP contribution is -2.16. The van der Waals surface area contributed by atoms with E-state index in [1.54, 1.807) is 30.3 Å². The Morgan fingerprint density at radius 2 is 1.95 bits per heavy atom. The van der Waals surface area contributed by atoms with E-state index in [1.807, 2.05) is 6.92 Å². The number of nitrogens with one attached hydrogen (secondary N) is 1. The van der Waals surface area contributed by atoms with Gasteiger partial charge < -0.3 is 10.2 Å². The third-order valence-corrected chi connectivity index (χ3v) is 5.88. The van der Waals surface area contributed by atoms with Crippen LogP contribution < -0.4 is 10.5 Å². The van der Waals surface area contributed by atoms with Gasteiger partial charge in [0.2, 0.25) is 5.76 Å². The molecule has 6 nitrogen and oxygen atoms in total. The van der Waals surface area contributed by atoms with Gasteiger partial charge in [0.05, 0.1) is 0 Å². The summed E-state index contributed by atoms with van der Waals surface area (Å²) in [6.07, 6.45) is 0. The van der Waals surface area contributed by atoms with Gasteiger partial charge >= 0.3 is 0 Å². The molecular weight excluding hydrogens is 324 g/mol. The monoisotopic (exact) mass is 336 g/mol. The number of nitrogens with two attached hydrogens (primary N) is 1. The maximum atomic E-state index is 12.4. The van der Waals surface area contributed by atoms with Crippen LogP contribution in [0.15, 0.2) is 45.0 Å². The number of hydrogen-bond donors (Lipinski definition) is 2. The van der Waals surface area contributed by atoms with Crippen molar-refractivity contribution < 1.29 is 17.6 Å². The van der Waals surface area contributed by atoms with Crippen LogP contribution in [0.5, 0.6) is 0 Å². The van der Waals surface area contributed by atoms with Crippen LogP contribution in [0.4, 0.5) is 5.69 Å². The van der Waals surface area contributed by atoms with Crippen LogP contribution in [0.3, 0.4) is 0 Å². The molecule has 8 heteroatoms. The molecule has 3 N–H and O–H groups in total. The highest BCUT2D eigenvalue weighted by Crippen LogP contribution is 2.33. The van der Waals surface area contributed by atoms with Crippen molar-refractivity contribution in [3.8, 4) is 0 Å². The van der Waals surface area contributed by atoms with E-state index in [-0.39, 0.29) is 15.7 Å². The number of thiophene rings is 1. The van der Waals surface area contributed by atoms with Crippen LogP contribution in [0.1, 0.15) is 15.4 Å². The summed E-state index contributed by atoms with van der Waals surface area (Å²) in [4.78, 5) is 12.4. The predicted octanol–water partition coefficient (Wildman–Crippen LogP) is 2.70. The second-order valence-corrected chi connectivity index (χ2v) is 7.83. The molecule has 0 aliphatic heterocycles. The molecule has 0 atom stereocenters. The molecular formula is C14H12N2O4S2. The van der Waals surface area contributed by atoms with Crippen molar-refractivity contribution in [3.05, 3.63) is 47.0 Å². The molecule has 0 saturated heterocycles. The fraction of sp³-hybridized carbons (Fsp3) is 0.0714. The Kier molecular flexibility index (Phi) is 3.42. The zero-order valence-electron chi connectivity index (χ0n) is 11.5. The van der Waals surface area contributed by atoms with Gasteiger partial charge in [-0.3, -0.25) is 9.52 Å². The zero-order chi connectivity index (χ0) is 15.9. The third-order valence-electron chi connectivity index (χ3n) is 3.04. The number of amides is 1. The summed E-state index contributed by atoms with van der Waals surface area (Å²) in [7, 11) is -3.81. The Balaban J connectivity index is 2.14. The lowest BCUT2D eigenvalue weighted by Gasteiger charge is -2.05. The topological polar surface area (TPSA) is 102 Å². The average Bonchev–Trinajstić information content (AvgIpc) is 3.04. The molecule has 3 aromatic rings. The number of furan rings is 1. The molecule has 0 aliphatic carbocycles. The second kappa shape index (κ2) is 5.15. The van der Waals surface area contributed by atoms with Crippen molar-refractivity contribution in [1.82, 2.24) is 0 Å². The van der Waals surface area contributed by atoms with Gasteiger partial charge in [-0.15, -0.1) is 11.3 Å². The van der Waals surface area contributed by atoms with Gasteiger partial charge in [-0.1, -0.05) is 12.1 Å². The quantitative estimate of drug-likeness (QED) is 0.764. The van der Waals surface area contributed by atoms with Gasteiger partial charge in [-0.2, -0.15) is 0 Å². The minimum absolute atomic E-state index is 0.0640. The molecule has 22 heavy (non-hydrogen) atoms. The lowest BCUT2D eigenvalue weighted by molar-refractivity contribution is 0.0977. The molecule has 2 heterocycles. The van der Waals surface area contributed by atoms with Crippen LogP contribution in [0.25, 0.3) is 11.0 Å². The van der Waals surface area contributed by atoms with Crippen molar-refractivity contribution >= 4 is 43.9 Å². The van der Waals surface area contributed by atoms with E-state index in [0.29, 0.717) is 11.0 Å². The van der Waals surface area contributed by atoms with Crippen LogP contribution in [0, 0.1) is 6.92 Å². The molecule has 0 spiro atoms. The largest absolute Gasteiger partial charge is 0.449 e. The molecule has 3 rings (SSSR count). The van der Waals surface area contributed by atoms with E-state index in [9.17, 15) is 13.2 Å².